The van der Waals surface area contributed by atoms with E-state index in [2.05, 4.69) is 0 Å². The Morgan fingerprint density at radius 2 is 1.67 bits per heavy atom. The van der Waals surface area contributed by atoms with E-state index in [1.807, 2.05) is 0 Å². The van der Waals surface area contributed by atoms with Crippen molar-refractivity contribution in [1.29, 1.82) is 0 Å². The van der Waals surface area contributed by atoms with Crippen molar-refractivity contribution in [3.63, 3.8) is 0 Å². The molecule has 0 saturated carbocycles. The number of rotatable bonds is 2. The number of anilines is 1. The molecule has 0 saturated heterocycles. The van der Waals surface area contributed by atoms with E-state index in [0.717, 1.165) is 0 Å². The summed E-state index contributed by atoms with van der Waals surface area (Å²) in [6.07, 6.45) is 0. The van der Waals surface area contributed by atoms with Gasteiger partial charge in [0.2, 0.25) is 0 Å². The number of benzene rings is 1. The minimum Gasteiger partial charge on any atom is -0.731 e. The Labute approximate surface area is 114 Å². The first kappa shape index (κ1) is 12.6. The second-order valence-electron chi connectivity index (χ2n) is 1.92. The van der Waals surface area contributed by atoms with E-state index in [-0.39, 0.29) is 57.1 Å². The van der Waals surface area contributed by atoms with Crippen LogP contribution < -0.4 is 56.1 Å². The molecular weight excluding hydrogens is 205 g/mol. The monoisotopic (exact) mass is 211 g/mol. The normalized spacial score (nSPS) is 10.1. The maximum Gasteiger partial charge on any atom is 1.00 e. The first-order valence-corrected chi connectivity index (χ1v) is 4.27. The van der Waals surface area contributed by atoms with E-state index in [9.17, 15) is 13.0 Å². The third-order valence-electron chi connectivity index (χ3n) is 1.02. The molecule has 0 fully saturated rings. The molecule has 0 radical (unpaired) electrons. The molecule has 0 bridgehead atoms. The van der Waals surface area contributed by atoms with Crippen LogP contribution in [0.4, 0.5) is 5.69 Å². The van der Waals surface area contributed by atoms with Crippen molar-refractivity contribution in [1.82, 2.24) is 0 Å². The molecule has 1 rings (SSSR count). The van der Waals surface area contributed by atoms with Crippen LogP contribution in [0.2, 0.25) is 0 Å². The predicted octanol–water partition coefficient (Wildman–Crippen LogP) is -2.44. The number of hydrogen-bond donors (Lipinski definition) is 1. The van der Waals surface area contributed by atoms with Gasteiger partial charge in [0.05, 0.1) is 0 Å². The van der Waals surface area contributed by atoms with Gasteiger partial charge in [0.15, 0.2) is 10.3 Å². The Hall–Kier alpha value is 0.566. The number of hydrogen-bond acceptors (Lipinski definition) is 3. The van der Waals surface area contributed by atoms with Crippen LogP contribution in [-0.2, 0) is 10.3 Å². The Morgan fingerprint density at radius 1 is 1.17 bits per heavy atom. The molecule has 0 aliphatic heterocycles. The molecule has 0 aromatic heterocycles. The van der Waals surface area contributed by atoms with Crippen LogP contribution in [-0.4, -0.2) is 13.0 Å². The molecule has 0 atom stereocenters. The van der Waals surface area contributed by atoms with E-state index in [1.165, 1.54) is 12.1 Å². The van der Waals surface area contributed by atoms with Gasteiger partial charge in [-0.1, -0.05) is 18.2 Å². The molecule has 0 heterocycles. The minimum absolute atomic E-state index is 0. The van der Waals surface area contributed by atoms with E-state index in [4.69, 9.17) is 0 Å². The molecule has 1 aromatic carbocycles. The van der Waals surface area contributed by atoms with Gasteiger partial charge in [-0.05, 0) is 12.1 Å². The zero-order chi connectivity index (χ0) is 8.32. The molecule has 0 aliphatic rings. The Morgan fingerprint density at radius 3 is 2.08 bits per heavy atom. The predicted molar refractivity (Wildman–Crippen MR) is 39.8 cm³/mol. The maximum absolute atomic E-state index is 10.1. The first-order valence-electron chi connectivity index (χ1n) is 2.86. The van der Waals surface area contributed by atoms with Crippen LogP contribution in [0, 0.1) is 0 Å². The van der Waals surface area contributed by atoms with Gasteiger partial charge in [-0.25, -0.2) is 8.42 Å². The fourth-order valence-electron chi connectivity index (χ4n) is 0.651. The maximum atomic E-state index is 10.1. The zero-order valence-corrected chi connectivity index (χ0v) is 10.5. The van der Waals surface area contributed by atoms with Gasteiger partial charge in [0.25, 0.3) is 0 Å². The van der Waals surface area contributed by atoms with Gasteiger partial charge in [-0.15, -0.1) is 0 Å². The zero-order valence-electron chi connectivity index (χ0n) is 6.52. The Bertz CT molecular complexity index is 324. The summed E-state index contributed by atoms with van der Waals surface area (Å²) in [6, 6.07) is 7.98. The molecule has 0 aliphatic carbocycles. The van der Waals surface area contributed by atoms with Crippen LogP contribution >= 0.6 is 0 Å². The standard InChI is InChI=1S/C6H7NO3S.K/c8-11(9,10)7-6-4-2-1-3-5-6;/h1-5,7H,(H,8,9,10);/q;+1/p-1. The summed E-state index contributed by atoms with van der Waals surface area (Å²) in [5.74, 6) is 0. The van der Waals surface area contributed by atoms with Crippen molar-refractivity contribution in [3.05, 3.63) is 30.3 Å². The van der Waals surface area contributed by atoms with Gasteiger partial charge in [0, 0.05) is 5.69 Å². The third kappa shape index (κ3) is 5.25. The topological polar surface area (TPSA) is 69.2 Å². The molecule has 0 spiro atoms. The minimum atomic E-state index is -4.38. The molecule has 12 heavy (non-hydrogen) atoms. The van der Waals surface area contributed by atoms with Crippen molar-refractivity contribution in [2.24, 2.45) is 0 Å². The van der Waals surface area contributed by atoms with Crippen LogP contribution in [0.1, 0.15) is 0 Å². The van der Waals surface area contributed by atoms with Gasteiger partial charge in [0.1, 0.15) is 0 Å². The Balaban J connectivity index is 0.00000121. The van der Waals surface area contributed by atoms with E-state index in [0.29, 0.717) is 0 Å². The average molecular weight is 211 g/mol. The van der Waals surface area contributed by atoms with Crippen LogP contribution in [0.3, 0.4) is 0 Å². The van der Waals surface area contributed by atoms with E-state index < -0.39 is 10.3 Å². The van der Waals surface area contributed by atoms with Crippen LogP contribution in [0.5, 0.6) is 0 Å². The average Bonchev–Trinajstić information content (AvgIpc) is 1.85. The summed E-state index contributed by atoms with van der Waals surface area (Å²) in [5, 5.41) is 0. The second-order valence-corrected chi connectivity index (χ2v) is 3.03. The van der Waals surface area contributed by atoms with Gasteiger partial charge < -0.3 is 4.55 Å². The summed E-state index contributed by atoms with van der Waals surface area (Å²) in [7, 11) is -4.38. The first-order chi connectivity index (χ1) is 5.08. The molecule has 1 aromatic rings. The molecule has 6 heteroatoms. The molecule has 1 N–H and O–H groups in total. The van der Waals surface area contributed by atoms with Crippen molar-refractivity contribution in [2.75, 3.05) is 4.72 Å². The molecule has 4 nitrogen and oxygen atoms in total. The third-order valence-corrected chi connectivity index (χ3v) is 1.50. The van der Waals surface area contributed by atoms with Crippen molar-refractivity contribution < 1.29 is 64.4 Å². The second kappa shape index (κ2) is 5.33. The fourth-order valence-corrected chi connectivity index (χ4v) is 1.08. The Kier molecular flexibility index (Phi) is 5.58. The van der Waals surface area contributed by atoms with Crippen molar-refractivity contribution in [3.8, 4) is 0 Å². The van der Waals surface area contributed by atoms with Gasteiger partial charge >= 0.3 is 51.4 Å². The number of nitrogens with one attached hydrogen (secondary N) is 1. The molecule has 0 amide bonds. The van der Waals surface area contributed by atoms with E-state index >= 15 is 0 Å². The molecular formula is C6H6KNO3S. The van der Waals surface area contributed by atoms with Crippen LogP contribution in [0.25, 0.3) is 0 Å². The fraction of sp³-hybridized carbons (Fsp3) is 0. The summed E-state index contributed by atoms with van der Waals surface area (Å²) in [6.45, 7) is 0. The number of para-hydroxylation sites is 1. The smallest absolute Gasteiger partial charge is 0.731 e. The summed E-state index contributed by atoms with van der Waals surface area (Å²) in [5.41, 5.74) is 0.280. The van der Waals surface area contributed by atoms with Gasteiger partial charge in [-0.2, -0.15) is 0 Å². The quantitative estimate of drug-likeness (QED) is 0.436. The summed E-state index contributed by atoms with van der Waals surface area (Å²) < 4.78 is 32.2. The van der Waals surface area contributed by atoms with E-state index in [1.54, 1.807) is 22.9 Å². The molecule has 60 valence electrons. The van der Waals surface area contributed by atoms with Crippen molar-refractivity contribution >= 4 is 16.0 Å². The SMILES string of the molecule is O=S(=O)([O-])Nc1ccccc1.[K+]. The largest absolute Gasteiger partial charge is 1.00 e. The van der Waals surface area contributed by atoms with Crippen LogP contribution in [0.15, 0.2) is 30.3 Å². The summed E-state index contributed by atoms with van der Waals surface area (Å²) >= 11 is 0. The van der Waals surface area contributed by atoms with Crippen molar-refractivity contribution in [2.45, 2.75) is 0 Å². The van der Waals surface area contributed by atoms with Gasteiger partial charge in [-0.3, -0.25) is 4.72 Å². The summed E-state index contributed by atoms with van der Waals surface area (Å²) in [4.78, 5) is 0. The molecule has 0 unspecified atom stereocenters.